The Morgan fingerprint density at radius 1 is 0.905 bits per heavy atom. The van der Waals surface area contributed by atoms with Gasteiger partial charge in [0, 0.05) is 5.56 Å². The molecule has 1 N–H and O–H groups in total. The van der Waals surface area contributed by atoms with E-state index < -0.39 is 17.2 Å². The normalized spacial score (nSPS) is 25.8. The lowest BCUT2D eigenvalue weighted by Crippen LogP contribution is -2.32. The first-order chi connectivity index (χ1) is 10.1. The van der Waals surface area contributed by atoms with Crippen LogP contribution in [-0.4, -0.2) is 5.11 Å². The average molecular weight is 288 g/mol. The Bertz CT molecular complexity index is 616. The number of hydrogen-bond donors (Lipinski definition) is 1. The molecule has 1 aliphatic rings. The lowest BCUT2D eigenvalue weighted by atomic mass is 9.73. The summed E-state index contributed by atoms with van der Waals surface area (Å²) in [5, 5.41) is 10.7. The van der Waals surface area contributed by atoms with Crippen molar-refractivity contribution in [2.75, 3.05) is 0 Å². The summed E-state index contributed by atoms with van der Waals surface area (Å²) in [5.41, 5.74) is 0.0885. The molecular formula is C18H18F2O. The second kappa shape index (κ2) is 5.57. The molecule has 0 unspecified atom stereocenters. The van der Waals surface area contributed by atoms with Crippen LogP contribution in [0.4, 0.5) is 8.78 Å². The van der Waals surface area contributed by atoms with Crippen molar-refractivity contribution in [2.24, 2.45) is 0 Å². The Morgan fingerprint density at radius 3 is 2.24 bits per heavy atom. The highest BCUT2D eigenvalue weighted by atomic mass is 19.2. The fraction of sp³-hybridized carbons (Fsp3) is 0.333. The predicted molar refractivity (Wildman–Crippen MR) is 77.9 cm³/mol. The number of benzene rings is 2. The van der Waals surface area contributed by atoms with Crippen LogP contribution in [0.15, 0.2) is 48.5 Å². The van der Waals surface area contributed by atoms with Gasteiger partial charge in [-0.1, -0.05) is 42.5 Å². The Balaban J connectivity index is 1.79. The molecule has 0 aromatic heterocycles. The van der Waals surface area contributed by atoms with Crippen LogP contribution in [0.25, 0.3) is 0 Å². The zero-order valence-corrected chi connectivity index (χ0v) is 11.7. The van der Waals surface area contributed by atoms with Crippen LogP contribution in [0, 0.1) is 11.6 Å². The van der Waals surface area contributed by atoms with E-state index in [4.69, 9.17) is 0 Å². The highest BCUT2D eigenvalue weighted by Gasteiger charge is 2.37. The van der Waals surface area contributed by atoms with Crippen molar-refractivity contribution in [1.29, 1.82) is 0 Å². The zero-order chi connectivity index (χ0) is 14.9. The Hall–Kier alpha value is -1.74. The summed E-state index contributed by atoms with van der Waals surface area (Å²) in [6.07, 6.45) is 2.45. The van der Waals surface area contributed by atoms with Gasteiger partial charge in [0.1, 0.15) is 0 Å². The minimum absolute atomic E-state index is 0.0917. The zero-order valence-electron chi connectivity index (χ0n) is 11.7. The molecule has 3 rings (SSSR count). The van der Waals surface area contributed by atoms with Crippen molar-refractivity contribution < 1.29 is 13.9 Å². The molecular weight excluding hydrogens is 270 g/mol. The molecule has 0 saturated heterocycles. The summed E-state index contributed by atoms with van der Waals surface area (Å²) in [6, 6.07) is 14.2. The molecule has 1 fully saturated rings. The first kappa shape index (κ1) is 14.2. The smallest absolute Gasteiger partial charge is 0.164 e. The van der Waals surface area contributed by atoms with Crippen LogP contribution in [0.1, 0.15) is 42.7 Å². The molecule has 2 aromatic carbocycles. The van der Waals surface area contributed by atoms with Crippen LogP contribution >= 0.6 is 0 Å². The number of halogens is 2. The van der Waals surface area contributed by atoms with Crippen LogP contribution in [-0.2, 0) is 5.60 Å². The maximum absolute atomic E-state index is 13.9. The minimum atomic E-state index is -1.25. The van der Waals surface area contributed by atoms with Gasteiger partial charge in [0.2, 0.25) is 0 Å². The van der Waals surface area contributed by atoms with E-state index in [1.54, 1.807) is 0 Å². The fourth-order valence-corrected chi connectivity index (χ4v) is 3.29. The lowest BCUT2D eigenvalue weighted by Gasteiger charge is -2.36. The van der Waals surface area contributed by atoms with Crippen molar-refractivity contribution in [3.8, 4) is 0 Å². The maximum Gasteiger partial charge on any atom is 0.164 e. The highest BCUT2D eigenvalue weighted by molar-refractivity contribution is 5.28. The van der Waals surface area contributed by atoms with Crippen LogP contribution in [0.3, 0.4) is 0 Å². The first-order valence-corrected chi connectivity index (χ1v) is 7.32. The molecule has 1 saturated carbocycles. The minimum Gasteiger partial charge on any atom is -0.385 e. The van der Waals surface area contributed by atoms with E-state index in [2.05, 4.69) is 12.1 Å². The molecule has 2 aromatic rings. The van der Waals surface area contributed by atoms with Crippen LogP contribution < -0.4 is 0 Å². The summed E-state index contributed by atoms with van der Waals surface area (Å²) in [7, 11) is 0. The van der Waals surface area contributed by atoms with E-state index in [0.29, 0.717) is 18.8 Å². The number of hydrogen-bond acceptors (Lipinski definition) is 1. The Labute approximate surface area is 123 Å². The SMILES string of the molecule is OC1(c2cccc(F)c2F)CCC(c2ccccc2)CC1. The second-order valence-electron chi connectivity index (χ2n) is 5.82. The third-order valence-corrected chi connectivity index (χ3v) is 4.54. The third-order valence-electron chi connectivity index (χ3n) is 4.54. The highest BCUT2D eigenvalue weighted by Crippen LogP contribution is 2.44. The largest absolute Gasteiger partial charge is 0.385 e. The molecule has 110 valence electrons. The van der Waals surface area contributed by atoms with Gasteiger partial charge < -0.3 is 5.11 Å². The summed E-state index contributed by atoms with van der Waals surface area (Å²) in [6.45, 7) is 0. The van der Waals surface area contributed by atoms with Gasteiger partial charge in [-0.25, -0.2) is 8.78 Å². The van der Waals surface area contributed by atoms with Gasteiger partial charge in [-0.3, -0.25) is 0 Å². The molecule has 0 radical (unpaired) electrons. The van der Waals surface area contributed by atoms with Gasteiger partial charge in [0.15, 0.2) is 11.6 Å². The molecule has 21 heavy (non-hydrogen) atoms. The standard InChI is InChI=1S/C18H18F2O/c19-16-8-4-7-15(17(16)20)18(21)11-9-14(10-12-18)13-5-2-1-3-6-13/h1-8,14,21H,9-12H2. The molecule has 0 aliphatic heterocycles. The first-order valence-electron chi connectivity index (χ1n) is 7.32. The molecule has 1 aliphatic carbocycles. The molecule has 0 heterocycles. The van der Waals surface area contributed by atoms with Gasteiger partial charge in [-0.2, -0.15) is 0 Å². The molecule has 3 heteroatoms. The predicted octanol–water partition coefficient (Wildman–Crippen LogP) is 4.51. The van der Waals surface area contributed by atoms with Crippen molar-refractivity contribution in [2.45, 2.75) is 37.2 Å². The maximum atomic E-state index is 13.9. The van der Waals surface area contributed by atoms with Gasteiger partial charge in [-0.15, -0.1) is 0 Å². The van der Waals surface area contributed by atoms with Crippen LogP contribution in [0.2, 0.25) is 0 Å². The lowest BCUT2D eigenvalue weighted by molar-refractivity contribution is -0.00921. The molecule has 0 atom stereocenters. The monoisotopic (exact) mass is 288 g/mol. The van der Waals surface area contributed by atoms with E-state index in [0.717, 1.165) is 18.9 Å². The van der Waals surface area contributed by atoms with Crippen LogP contribution in [0.5, 0.6) is 0 Å². The third kappa shape index (κ3) is 2.70. The van der Waals surface area contributed by atoms with Gasteiger partial charge >= 0.3 is 0 Å². The van der Waals surface area contributed by atoms with Gasteiger partial charge in [0.05, 0.1) is 5.60 Å². The quantitative estimate of drug-likeness (QED) is 0.862. The number of aliphatic hydroxyl groups is 1. The summed E-state index contributed by atoms with van der Waals surface area (Å²) in [5.74, 6) is -1.44. The summed E-state index contributed by atoms with van der Waals surface area (Å²) < 4.78 is 27.3. The van der Waals surface area contributed by atoms with Crippen molar-refractivity contribution in [3.05, 3.63) is 71.3 Å². The van der Waals surface area contributed by atoms with Gasteiger partial charge in [-0.05, 0) is 43.2 Å². The Morgan fingerprint density at radius 2 is 1.57 bits per heavy atom. The van der Waals surface area contributed by atoms with Crippen molar-refractivity contribution in [1.82, 2.24) is 0 Å². The topological polar surface area (TPSA) is 20.2 Å². The van der Waals surface area contributed by atoms with E-state index in [1.165, 1.54) is 17.7 Å². The Kier molecular flexibility index (Phi) is 3.77. The van der Waals surface area contributed by atoms with Gasteiger partial charge in [0.25, 0.3) is 0 Å². The number of rotatable bonds is 2. The fourth-order valence-electron chi connectivity index (χ4n) is 3.29. The summed E-state index contributed by atoms with van der Waals surface area (Å²) in [4.78, 5) is 0. The molecule has 0 amide bonds. The molecule has 1 nitrogen and oxygen atoms in total. The van der Waals surface area contributed by atoms with Crippen molar-refractivity contribution >= 4 is 0 Å². The average Bonchev–Trinajstić information content (AvgIpc) is 2.51. The molecule has 0 bridgehead atoms. The molecule has 0 spiro atoms. The van der Waals surface area contributed by atoms with E-state index in [9.17, 15) is 13.9 Å². The van der Waals surface area contributed by atoms with Crippen molar-refractivity contribution in [3.63, 3.8) is 0 Å². The summed E-state index contributed by atoms with van der Waals surface area (Å²) >= 11 is 0. The van der Waals surface area contributed by atoms with E-state index in [1.807, 2.05) is 18.2 Å². The second-order valence-corrected chi connectivity index (χ2v) is 5.82. The van der Waals surface area contributed by atoms with E-state index in [-0.39, 0.29) is 5.56 Å². The van der Waals surface area contributed by atoms with E-state index >= 15 is 0 Å².